The summed E-state index contributed by atoms with van der Waals surface area (Å²) in [5.41, 5.74) is 1.27. The zero-order valence-corrected chi connectivity index (χ0v) is 18.1. The summed E-state index contributed by atoms with van der Waals surface area (Å²) in [4.78, 5) is 23.8. The molecule has 2 heterocycles. The zero-order valence-electron chi connectivity index (χ0n) is 18.1. The lowest BCUT2D eigenvalue weighted by atomic mass is 10.1. The van der Waals surface area contributed by atoms with E-state index in [0.717, 1.165) is 17.7 Å². The van der Waals surface area contributed by atoms with E-state index >= 15 is 0 Å². The molecule has 178 valence electrons. The third-order valence-electron chi connectivity index (χ3n) is 5.01. The Morgan fingerprint density at radius 2 is 1.71 bits per heavy atom. The lowest BCUT2D eigenvalue weighted by Crippen LogP contribution is -2.31. The summed E-state index contributed by atoms with van der Waals surface area (Å²) in [6, 6.07) is 18.7. The highest BCUT2D eigenvalue weighted by Crippen LogP contribution is 2.30. The average Bonchev–Trinajstić information content (AvgIpc) is 2.85. The fourth-order valence-electron chi connectivity index (χ4n) is 3.25. The molecule has 2 aromatic heterocycles. The standard InChI is InChI=1S/C25H19F3N4O3/c26-25(27,28)18-8-11-23(29-14-18)35-19-9-6-17(7-10-19)20-13-22(31-15-30-20)32-21(24(33)34)12-16-4-2-1-3-5-16/h1-11,13-15,21H,12H2,(H,33,34)(H,30,31,32). The zero-order chi connectivity index (χ0) is 24.8. The number of alkyl halides is 3. The van der Waals surface area contributed by atoms with Crippen molar-refractivity contribution in [3.63, 3.8) is 0 Å². The number of halogens is 3. The largest absolute Gasteiger partial charge is 0.480 e. The topological polar surface area (TPSA) is 97.2 Å². The molecule has 0 fully saturated rings. The number of ether oxygens (including phenoxy) is 1. The molecule has 4 aromatic rings. The molecule has 10 heteroatoms. The van der Waals surface area contributed by atoms with Crippen molar-refractivity contribution in [2.75, 3.05) is 5.32 Å². The molecule has 2 aromatic carbocycles. The summed E-state index contributed by atoms with van der Waals surface area (Å²) in [5.74, 6) is -0.250. The van der Waals surface area contributed by atoms with Crippen LogP contribution in [-0.4, -0.2) is 32.1 Å². The van der Waals surface area contributed by atoms with Crippen LogP contribution in [0.25, 0.3) is 11.3 Å². The summed E-state index contributed by atoms with van der Waals surface area (Å²) in [6.07, 6.45) is -2.15. The highest BCUT2D eigenvalue weighted by atomic mass is 19.4. The number of hydrogen-bond acceptors (Lipinski definition) is 6. The van der Waals surface area contributed by atoms with Gasteiger partial charge < -0.3 is 15.2 Å². The molecule has 0 aliphatic rings. The number of aliphatic carboxylic acids is 1. The number of anilines is 1. The van der Waals surface area contributed by atoms with Crippen molar-refractivity contribution in [1.82, 2.24) is 15.0 Å². The maximum atomic E-state index is 12.7. The Balaban J connectivity index is 1.44. The van der Waals surface area contributed by atoms with Crippen LogP contribution < -0.4 is 10.1 Å². The van der Waals surface area contributed by atoms with Crippen molar-refractivity contribution in [3.8, 4) is 22.9 Å². The minimum Gasteiger partial charge on any atom is -0.480 e. The number of carboxylic acids is 1. The van der Waals surface area contributed by atoms with Gasteiger partial charge >= 0.3 is 12.1 Å². The molecule has 0 aliphatic carbocycles. The molecule has 0 radical (unpaired) electrons. The highest BCUT2D eigenvalue weighted by molar-refractivity contribution is 5.77. The number of rotatable bonds is 8. The molecule has 2 N–H and O–H groups in total. The van der Waals surface area contributed by atoms with E-state index in [1.807, 2.05) is 30.3 Å². The Bertz CT molecular complexity index is 1280. The number of nitrogens with one attached hydrogen (secondary N) is 1. The van der Waals surface area contributed by atoms with Crippen LogP contribution in [0.4, 0.5) is 19.0 Å². The summed E-state index contributed by atoms with van der Waals surface area (Å²) < 4.78 is 43.5. The van der Waals surface area contributed by atoms with Gasteiger partial charge in [0.15, 0.2) is 0 Å². The summed E-state index contributed by atoms with van der Waals surface area (Å²) >= 11 is 0. The first-order valence-electron chi connectivity index (χ1n) is 10.4. The van der Waals surface area contributed by atoms with E-state index in [1.54, 1.807) is 30.3 Å². The number of carbonyl (C=O) groups is 1. The molecule has 1 atom stereocenters. The normalized spacial score (nSPS) is 12.1. The van der Waals surface area contributed by atoms with Gasteiger partial charge in [0.1, 0.15) is 23.9 Å². The van der Waals surface area contributed by atoms with Crippen LogP contribution in [0.5, 0.6) is 11.6 Å². The molecule has 0 saturated carbocycles. The molecular formula is C25H19F3N4O3. The van der Waals surface area contributed by atoms with Gasteiger partial charge in [-0.15, -0.1) is 0 Å². The van der Waals surface area contributed by atoms with Gasteiger partial charge in [0.25, 0.3) is 0 Å². The smallest absolute Gasteiger partial charge is 0.417 e. The molecule has 4 rings (SSSR count). The van der Waals surface area contributed by atoms with Crippen molar-refractivity contribution in [2.24, 2.45) is 0 Å². The van der Waals surface area contributed by atoms with Gasteiger partial charge in [-0.3, -0.25) is 0 Å². The van der Waals surface area contributed by atoms with Gasteiger partial charge in [-0.25, -0.2) is 19.7 Å². The first-order chi connectivity index (χ1) is 16.8. The Morgan fingerprint density at radius 1 is 0.971 bits per heavy atom. The first-order valence-corrected chi connectivity index (χ1v) is 10.4. The maximum Gasteiger partial charge on any atom is 0.417 e. The fraction of sp³-hybridized carbons (Fsp3) is 0.120. The minimum atomic E-state index is -4.47. The Morgan fingerprint density at radius 3 is 2.34 bits per heavy atom. The van der Waals surface area contributed by atoms with Gasteiger partial charge in [-0.1, -0.05) is 30.3 Å². The SMILES string of the molecule is O=C(O)C(Cc1ccccc1)Nc1cc(-c2ccc(Oc3ccc(C(F)(F)F)cn3)cc2)ncn1. The quantitative estimate of drug-likeness (QED) is 0.346. The molecule has 0 saturated heterocycles. The number of carboxylic acid groups (broad SMARTS) is 1. The molecular weight excluding hydrogens is 461 g/mol. The number of nitrogens with zero attached hydrogens (tertiary/aromatic N) is 3. The van der Waals surface area contributed by atoms with Crippen molar-refractivity contribution in [2.45, 2.75) is 18.6 Å². The highest BCUT2D eigenvalue weighted by Gasteiger charge is 2.30. The van der Waals surface area contributed by atoms with Crippen molar-refractivity contribution in [3.05, 3.63) is 96.4 Å². The van der Waals surface area contributed by atoms with Gasteiger partial charge in [0, 0.05) is 30.3 Å². The van der Waals surface area contributed by atoms with E-state index in [9.17, 15) is 23.1 Å². The van der Waals surface area contributed by atoms with E-state index in [4.69, 9.17) is 4.74 Å². The van der Waals surface area contributed by atoms with Crippen LogP contribution in [0.1, 0.15) is 11.1 Å². The van der Waals surface area contributed by atoms with Gasteiger partial charge in [0.05, 0.1) is 11.3 Å². The number of benzene rings is 2. The summed E-state index contributed by atoms with van der Waals surface area (Å²) in [5, 5.41) is 12.5. The van der Waals surface area contributed by atoms with Crippen molar-refractivity contribution < 1.29 is 27.8 Å². The van der Waals surface area contributed by atoms with E-state index in [1.165, 1.54) is 6.33 Å². The van der Waals surface area contributed by atoms with Crippen LogP contribution in [0.15, 0.2) is 85.3 Å². The van der Waals surface area contributed by atoms with Crippen LogP contribution >= 0.6 is 0 Å². The first kappa shape index (κ1) is 23.7. The van der Waals surface area contributed by atoms with Crippen LogP contribution in [0.3, 0.4) is 0 Å². The second-order valence-corrected chi connectivity index (χ2v) is 7.52. The predicted molar refractivity (Wildman–Crippen MR) is 122 cm³/mol. The minimum absolute atomic E-state index is 0.0254. The van der Waals surface area contributed by atoms with Crippen LogP contribution in [0.2, 0.25) is 0 Å². The number of hydrogen-bond donors (Lipinski definition) is 2. The van der Waals surface area contributed by atoms with Gasteiger partial charge in [-0.2, -0.15) is 13.2 Å². The molecule has 35 heavy (non-hydrogen) atoms. The monoisotopic (exact) mass is 480 g/mol. The summed E-state index contributed by atoms with van der Waals surface area (Å²) in [6.45, 7) is 0. The maximum absolute atomic E-state index is 12.7. The van der Waals surface area contributed by atoms with E-state index in [0.29, 0.717) is 29.0 Å². The lowest BCUT2D eigenvalue weighted by Gasteiger charge is -2.15. The second kappa shape index (κ2) is 10.2. The molecule has 0 aliphatic heterocycles. The number of aromatic nitrogens is 3. The second-order valence-electron chi connectivity index (χ2n) is 7.52. The average molecular weight is 480 g/mol. The van der Waals surface area contributed by atoms with Gasteiger partial charge in [0.2, 0.25) is 5.88 Å². The molecule has 7 nitrogen and oxygen atoms in total. The molecule has 0 spiro atoms. The third-order valence-corrected chi connectivity index (χ3v) is 5.01. The third kappa shape index (κ3) is 6.32. The molecule has 1 unspecified atom stereocenters. The molecule has 0 bridgehead atoms. The lowest BCUT2D eigenvalue weighted by molar-refractivity contribution is -0.138. The van der Waals surface area contributed by atoms with Crippen LogP contribution in [0, 0.1) is 0 Å². The van der Waals surface area contributed by atoms with E-state index < -0.39 is 23.8 Å². The Kier molecular flexibility index (Phi) is 6.91. The van der Waals surface area contributed by atoms with E-state index in [2.05, 4.69) is 20.3 Å². The van der Waals surface area contributed by atoms with Crippen molar-refractivity contribution >= 4 is 11.8 Å². The number of pyridine rings is 1. The fourth-order valence-corrected chi connectivity index (χ4v) is 3.25. The Hall–Kier alpha value is -4.47. The molecule has 0 amide bonds. The van der Waals surface area contributed by atoms with Gasteiger partial charge in [-0.05, 0) is 35.9 Å². The van der Waals surface area contributed by atoms with E-state index in [-0.39, 0.29) is 12.3 Å². The van der Waals surface area contributed by atoms with Crippen LogP contribution in [-0.2, 0) is 17.4 Å². The summed E-state index contributed by atoms with van der Waals surface area (Å²) in [7, 11) is 0. The van der Waals surface area contributed by atoms with Crippen molar-refractivity contribution in [1.29, 1.82) is 0 Å². The Labute approximate surface area is 198 Å². The predicted octanol–water partition coefficient (Wildman–Crippen LogP) is 5.46.